The van der Waals surface area contributed by atoms with Gasteiger partial charge in [-0.2, -0.15) is 0 Å². The topological polar surface area (TPSA) is 98.9 Å². The van der Waals surface area contributed by atoms with Crippen molar-refractivity contribution in [3.63, 3.8) is 0 Å². The second-order valence-corrected chi connectivity index (χ2v) is 9.57. The van der Waals surface area contributed by atoms with Gasteiger partial charge in [0.1, 0.15) is 11.5 Å². The molecule has 4 rings (SSSR count). The summed E-state index contributed by atoms with van der Waals surface area (Å²) >= 11 is 0. The van der Waals surface area contributed by atoms with E-state index in [9.17, 15) is 13.2 Å². The molecule has 3 aromatic carbocycles. The number of nitrogens with zero attached hydrogens (tertiary/aromatic N) is 2. The molecule has 180 valence electrons. The zero-order valence-electron chi connectivity index (χ0n) is 19.2. The summed E-state index contributed by atoms with van der Waals surface area (Å²) in [6.45, 7) is 0. The summed E-state index contributed by atoms with van der Waals surface area (Å²) in [6.07, 6.45) is 2.01. The number of esters is 1. The molecule has 0 saturated heterocycles. The average Bonchev–Trinajstić information content (AvgIpc) is 3.37. The summed E-state index contributed by atoms with van der Waals surface area (Å²) in [7, 11) is -0.785. The lowest BCUT2D eigenvalue weighted by Gasteiger charge is -2.20. The van der Waals surface area contributed by atoms with Crippen molar-refractivity contribution in [2.24, 2.45) is 0 Å². The second-order valence-electron chi connectivity index (χ2n) is 7.60. The van der Waals surface area contributed by atoms with Gasteiger partial charge in [0.2, 0.25) is 0 Å². The van der Waals surface area contributed by atoms with Crippen LogP contribution in [0.2, 0.25) is 0 Å². The van der Waals surface area contributed by atoms with Crippen LogP contribution in [0, 0.1) is 0 Å². The first-order valence-corrected chi connectivity index (χ1v) is 12.2. The van der Waals surface area contributed by atoms with Gasteiger partial charge in [-0.25, -0.2) is 13.4 Å². The molecular weight excluding hydrogens is 468 g/mol. The molecule has 0 aliphatic carbocycles. The molecule has 0 N–H and O–H groups in total. The maximum Gasteiger partial charge on any atom is 0.311 e. The molecule has 1 aromatic heterocycles. The van der Waals surface area contributed by atoms with E-state index < -0.39 is 16.0 Å². The number of benzene rings is 3. The highest BCUT2D eigenvalue weighted by molar-refractivity contribution is 7.92. The van der Waals surface area contributed by atoms with Crippen LogP contribution in [-0.2, 0) is 21.2 Å². The summed E-state index contributed by atoms with van der Waals surface area (Å²) in [5.74, 6) is 1.51. The lowest BCUT2D eigenvalue weighted by atomic mass is 10.2. The van der Waals surface area contributed by atoms with Crippen molar-refractivity contribution in [3.8, 4) is 22.8 Å². The van der Waals surface area contributed by atoms with Crippen LogP contribution in [0.3, 0.4) is 0 Å². The standard InChI is InChI=1S/C26H24N2O6S/c1-28(35(30,31)23-14-12-21(32-2)13-15-23)20-8-10-22(11-9-20)33-26(29)17-16-25-27-18-24(34-25)19-6-4-3-5-7-19/h3-15,18H,16-17H2,1-2H3. The third kappa shape index (κ3) is 5.70. The Bertz CT molecular complexity index is 1380. The van der Waals surface area contributed by atoms with Gasteiger partial charge in [-0.3, -0.25) is 9.10 Å². The highest BCUT2D eigenvalue weighted by Gasteiger charge is 2.21. The molecule has 0 atom stereocenters. The second kappa shape index (κ2) is 10.4. The number of hydrogen-bond acceptors (Lipinski definition) is 7. The Morgan fingerprint density at radius 3 is 2.26 bits per heavy atom. The van der Waals surface area contributed by atoms with Gasteiger partial charge in [-0.15, -0.1) is 0 Å². The lowest BCUT2D eigenvalue weighted by molar-refractivity contribution is -0.134. The Balaban J connectivity index is 1.34. The predicted octanol–water partition coefficient (Wildman–Crippen LogP) is 4.71. The highest BCUT2D eigenvalue weighted by Crippen LogP contribution is 2.26. The van der Waals surface area contributed by atoms with Gasteiger partial charge in [0.05, 0.1) is 30.3 Å². The van der Waals surface area contributed by atoms with Crippen LogP contribution in [0.1, 0.15) is 12.3 Å². The van der Waals surface area contributed by atoms with Crippen LogP contribution in [0.5, 0.6) is 11.5 Å². The molecule has 8 nitrogen and oxygen atoms in total. The molecule has 0 aliphatic rings. The molecule has 0 amide bonds. The van der Waals surface area contributed by atoms with Crippen LogP contribution in [0.15, 0.2) is 94.4 Å². The Hall–Kier alpha value is -4.11. The number of rotatable bonds is 9. The number of aryl methyl sites for hydroxylation is 1. The summed E-state index contributed by atoms with van der Waals surface area (Å²) in [6, 6.07) is 22.0. The van der Waals surface area contributed by atoms with Crippen LogP contribution in [-0.4, -0.2) is 33.5 Å². The van der Waals surface area contributed by atoms with E-state index >= 15 is 0 Å². The van der Waals surface area contributed by atoms with Crippen LogP contribution in [0.25, 0.3) is 11.3 Å². The van der Waals surface area contributed by atoms with E-state index in [2.05, 4.69) is 4.98 Å². The molecular formula is C26H24N2O6S. The van der Waals surface area contributed by atoms with Gasteiger partial charge in [-0.1, -0.05) is 30.3 Å². The van der Waals surface area contributed by atoms with Crippen molar-refractivity contribution in [1.29, 1.82) is 0 Å². The van der Waals surface area contributed by atoms with Gasteiger partial charge in [0.15, 0.2) is 11.7 Å². The van der Waals surface area contributed by atoms with E-state index in [0.29, 0.717) is 35.3 Å². The number of anilines is 1. The van der Waals surface area contributed by atoms with E-state index in [0.717, 1.165) is 9.87 Å². The molecule has 0 bridgehead atoms. The van der Waals surface area contributed by atoms with Gasteiger partial charge in [0.25, 0.3) is 10.0 Å². The predicted molar refractivity (Wildman–Crippen MR) is 131 cm³/mol. The van der Waals surface area contributed by atoms with Crippen molar-refractivity contribution in [2.45, 2.75) is 17.7 Å². The van der Waals surface area contributed by atoms with Crippen LogP contribution in [0.4, 0.5) is 5.69 Å². The fourth-order valence-corrected chi connectivity index (χ4v) is 4.52. The van der Waals surface area contributed by atoms with Gasteiger partial charge < -0.3 is 13.9 Å². The molecule has 9 heteroatoms. The van der Waals surface area contributed by atoms with Crippen molar-refractivity contribution in [1.82, 2.24) is 4.98 Å². The molecule has 0 saturated carbocycles. The fraction of sp³-hybridized carbons (Fsp3) is 0.154. The molecule has 0 unspecified atom stereocenters. The summed E-state index contributed by atoms with van der Waals surface area (Å²) < 4.78 is 43.1. The first-order valence-electron chi connectivity index (χ1n) is 10.8. The first-order chi connectivity index (χ1) is 16.9. The Morgan fingerprint density at radius 1 is 0.943 bits per heavy atom. The fourth-order valence-electron chi connectivity index (χ4n) is 3.32. The van der Waals surface area contributed by atoms with Crippen molar-refractivity contribution in [3.05, 3.63) is 91.0 Å². The van der Waals surface area contributed by atoms with E-state index in [1.54, 1.807) is 42.6 Å². The van der Waals surface area contributed by atoms with Crippen LogP contribution >= 0.6 is 0 Å². The van der Waals surface area contributed by atoms with E-state index in [-0.39, 0.29) is 11.3 Å². The number of ether oxygens (including phenoxy) is 2. The maximum atomic E-state index is 12.9. The lowest BCUT2D eigenvalue weighted by Crippen LogP contribution is -2.26. The third-order valence-corrected chi connectivity index (χ3v) is 7.10. The highest BCUT2D eigenvalue weighted by atomic mass is 32.2. The Morgan fingerprint density at radius 2 is 1.60 bits per heavy atom. The number of oxazole rings is 1. The van der Waals surface area contributed by atoms with Crippen molar-refractivity contribution in [2.75, 3.05) is 18.5 Å². The summed E-state index contributed by atoms with van der Waals surface area (Å²) in [5, 5.41) is 0. The first kappa shape index (κ1) is 24.0. The largest absolute Gasteiger partial charge is 0.497 e. The van der Waals surface area contributed by atoms with E-state index in [1.807, 2.05) is 30.3 Å². The monoisotopic (exact) mass is 492 g/mol. The number of carbonyl (C=O) groups is 1. The number of sulfonamides is 1. The zero-order chi connectivity index (χ0) is 24.8. The van der Waals surface area contributed by atoms with Gasteiger partial charge >= 0.3 is 5.97 Å². The number of carbonyl (C=O) groups excluding carboxylic acids is 1. The molecule has 4 aromatic rings. The van der Waals surface area contributed by atoms with Crippen molar-refractivity contribution < 1.29 is 27.1 Å². The molecule has 0 aliphatic heterocycles. The normalized spacial score (nSPS) is 11.1. The molecule has 0 radical (unpaired) electrons. The minimum absolute atomic E-state index is 0.0856. The number of hydrogen-bond donors (Lipinski definition) is 0. The van der Waals surface area contributed by atoms with Crippen LogP contribution < -0.4 is 13.8 Å². The minimum atomic E-state index is -3.76. The third-order valence-electron chi connectivity index (χ3n) is 5.30. The Kier molecular flexibility index (Phi) is 7.17. The smallest absolute Gasteiger partial charge is 0.311 e. The molecule has 1 heterocycles. The van der Waals surface area contributed by atoms with E-state index in [1.165, 1.54) is 26.3 Å². The quantitative estimate of drug-likeness (QED) is 0.246. The molecule has 0 fully saturated rings. The zero-order valence-corrected chi connectivity index (χ0v) is 20.1. The molecule has 0 spiro atoms. The SMILES string of the molecule is COc1ccc(S(=O)(=O)N(C)c2ccc(OC(=O)CCc3ncc(-c4ccccc4)o3)cc2)cc1. The van der Waals surface area contributed by atoms with Crippen molar-refractivity contribution >= 4 is 21.7 Å². The van der Waals surface area contributed by atoms with Gasteiger partial charge in [-0.05, 0) is 48.5 Å². The average molecular weight is 493 g/mol. The Labute approximate surface area is 203 Å². The van der Waals surface area contributed by atoms with E-state index in [4.69, 9.17) is 13.9 Å². The molecule has 35 heavy (non-hydrogen) atoms. The number of aromatic nitrogens is 1. The summed E-state index contributed by atoms with van der Waals surface area (Å²) in [4.78, 5) is 16.6. The number of methoxy groups -OCH3 is 1. The van der Waals surface area contributed by atoms with Gasteiger partial charge in [0, 0.05) is 19.0 Å². The maximum absolute atomic E-state index is 12.9. The summed E-state index contributed by atoms with van der Waals surface area (Å²) in [5.41, 5.74) is 1.33. The minimum Gasteiger partial charge on any atom is -0.497 e.